The number of rotatable bonds is 5. The van der Waals surface area contributed by atoms with E-state index in [1.165, 1.54) is 12.8 Å². The topological polar surface area (TPSA) is 20.2 Å². The van der Waals surface area contributed by atoms with Crippen molar-refractivity contribution < 1.29 is 5.11 Å². The van der Waals surface area contributed by atoms with Crippen LogP contribution < -0.4 is 0 Å². The number of hydrogen-bond donors (Lipinski definition) is 1. The van der Waals surface area contributed by atoms with E-state index in [0.717, 1.165) is 12.8 Å². The molecule has 0 saturated heterocycles. The molecule has 3 heteroatoms. The number of unbranched alkanes of at least 4 members (excludes halogenated alkanes) is 1. The van der Waals surface area contributed by atoms with Crippen molar-refractivity contribution in [2.45, 2.75) is 50.4 Å². The van der Waals surface area contributed by atoms with Gasteiger partial charge in [-0.05, 0) is 32.1 Å². The van der Waals surface area contributed by atoms with Gasteiger partial charge in [-0.15, -0.1) is 0 Å². The van der Waals surface area contributed by atoms with Gasteiger partial charge in [-0.25, -0.2) is 0 Å². The van der Waals surface area contributed by atoms with Crippen molar-refractivity contribution in [1.82, 2.24) is 0 Å². The molecule has 1 aliphatic rings. The first-order valence-corrected chi connectivity index (χ1v) is 7.07. The lowest BCUT2D eigenvalue weighted by molar-refractivity contribution is 0.0681. The number of aliphatic hydroxyl groups is 1. The maximum atomic E-state index is 9.49. The molecule has 76 valence electrons. The summed E-state index contributed by atoms with van der Waals surface area (Å²) in [5.41, 5.74) is -0.479. The summed E-state index contributed by atoms with van der Waals surface area (Å²) in [4.78, 5) is 0. The zero-order valence-corrected chi connectivity index (χ0v) is 9.96. The Hall–Kier alpha value is 0.400. The molecule has 0 fully saturated rings. The highest BCUT2D eigenvalue weighted by molar-refractivity contribution is 8.78. The first-order chi connectivity index (χ1) is 6.08. The summed E-state index contributed by atoms with van der Waals surface area (Å²) in [6.07, 6.45) is 6.82. The molecule has 1 atom stereocenters. The van der Waals surface area contributed by atoms with Crippen molar-refractivity contribution >= 4 is 21.6 Å². The molecule has 0 aromatic carbocycles. The molecule has 0 spiro atoms. The standard InChI is InChI=1S/C10H18OS2/c1-10(2,11)7-4-3-5-9-6-8-12-13-9/h6,8-9,11H,3-5,7H2,1-2H3. The van der Waals surface area contributed by atoms with E-state index in [1.54, 1.807) is 0 Å². The summed E-state index contributed by atoms with van der Waals surface area (Å²) in [6.45, 7) is 3.76. The van der Waals surface area contributed by atoms with Crippen molar-refractivity contribution in [3.63, 3.8) is 0 Å². The maximum Gasteiger partial charge on any atom is 0.0591 e. The molecule has 1 rings (SSSR count). The summed E-state index contributed by atoms with van der Waals surface area (Å²) >= 11 is 0. The monoisotopic (exact) mass is 218 g/mol. The molecule has 1 N–H and O–H groups in total. The summed E-state index contributed by atoms with van der Waals surface area (Å²) in [7, 11) is 3.78. The third-order valence-electron chi connectivity index (χ3n) is 2.06. The SMILES string of the molecule is CC(C)(O)CCCCC1C=CSS1. The first-order valence-electron chi connectivity index (χ1n) is 4.79. The van der Waals surface area contributed by atoms with Gasteiger partial charge in [0.05, 0.1) is 5.60 Å². The Balaban J connectivity index is 1.98. The Kier molecular flexibility index (Phi) is 4.70. The van der Waals surface area contributed by atoms with Gasteiger partial charge >= 0.3 is 0 Å². The molecule has 0 aliphatic carbocycles. The average Bonchev–Trinajstić information content (AvgIpc) is 2.48. The average molecular weight is 218 g/mol. The largest absolute Gasteiger partial charge is 0.390 e. The fraction of sp³-hybridized carbons (Fsp3) is 0.800. The van der Waals surface area contributed by atoms with Crippen LogP contribution in [0.15, 0.2) is 11.5 Å². The zero-order valence-electron chi connectivity index (χ0n) is 8.32. The predicted octanol–water partition coefficient (Wildman–Crippen LogP) is 3.60. The molecule has 0 saturated carbocycles. The summed E-state index contributed by atoms with van der Waals surface area (Å²) in [5.74, 6) is 0. The molecule has 1 unspecified atom stereocenters. The van der Waals surface area contributed by atoms with Crippen molar-refractivity contribution in [3.8, 4) is 0 Å². The van der Waals surface area contributed by atoms with Crippen LogP contribution >= 0.6 is 21.6 Å². The minimum Gasteiger partial charge on any atom is -0.390 e. The normalized spacial score (nSPS) is 22.5. The van der Waals surface area contributed by atoms with Gasteiger partial charge in [0.25, 0.3) is 0 Å². The highest BCUT2D eigenvalue weighted by atomic mass is 33.1. The second kappa shape index (κ2) is 5.32. The van der Waals surface area contributed by atoms with Crippen LogP contribution in [0.1, 0.15) is 39.5 Å². The summed E-state index contributed by atoms with van der Waals surface area (Å²) in [6, 6.07) is 0. The lowest BCUT2D eigenvalue weighted by Gasteiger charge is -2.16. The lowest BCUT2D eigenvalue weighted by atomic mass is 10.0. The van der Waals surface area contributed by atoms with E-state index in [0.29, 0.717) is 5.25 Å². The third kappa shape index (κ3) is 5.66. The van der Waals surface area contributed by atoms with Crippen molar-refractivity contribution in [3.05, 3.63) is 11.5 Å². The molecule has 0 aromatic heterocycles. The van der Waals surface area contributed by atoms with Gasteiger partial charge in [0.1, 0.15) is 0 Å². The second-order valence-corrected chi connectivity index (χ2v) is 6.53. The smallest absolute Gasteiger partial charge is 0.0591 e. The molecule has 1 nitrogen and oxygen atoms in total. The lowest BCUT2D eigenvalue weighted by Crippen LogP contribution is -2.17. The van der Waals surface area contributed by atoms with Crippen LogP contribution in [0.4, 0.5) is 0 Å². The molecule has 13 heavy (non-hydrogen) atoms. The number of hydrogen-bond acceptors (Lipinski definition) is 3. The van der Waals surface area contributed by atoms with Crippen molar-refractivity contribution in [1.29, 1.82) is 0 Å². The van der Waals surface area contributed by atoms with E-state index in [1.807, 2.05) is 35.4 Å². The second-order valence-electron chi connectivity index (χ2n) is 4.12. The molecular weight excluding hydrogens is 200 g/mol. The first kappa shape index (κ1) is 11.5. The summed E-state index contributed by atoms with van der Waals surface area (Å²) < 4.78 is 0. The van der Waals surface area contributed by atoms with E-state index in [4.69, 9.17) is 0 Å². The molecular formula is C10H18OS2. The quantitative estimate of drug-likeness (QED) is 0.562. The van der Waals surface area contributed by atoms with Crippen LogP contribution in [0, 0.1) is 0 Å². The van der Waals surface area contributed by atoms with E-state index in [2.05, 4.69) is 11.5 Å². The van der Waals surface area contributed by atoms with Gasteiger partial charge in [0.2, 0.25) is 0 Å². The van der Waals surface area contributed by atoms with E-state index in [9.17, 15) is 5.11 Å². The Morgan fingerprint density at radius 1 is 1.38 bits per heavy atom. The van der Waals surface area contributed by atoms with Crippen LogP contribution in [0.5, 0.6) is 0 Å². The maximum absolute atomic E-state index is 9.49. The van der Waals surface area contributed by atoms with Crippen molar-refractivity contribution in [2.24, 2.45) is 0 Å². The fourth-order valence-corrected chi connectivity index (χ4v) is 3.56. The van der Waals surface area contributed by atoms with Gasteiger partial charge in [0, 0.05) is 5.25 Å². The molecule has 1 aliphatic heterocycles. The van der Waals surface area contributed by atoms with Gasteiger partial charge < -0.3 is 5.11 Å². The molecule has 1 heterocycles. The minimum atomic E-state index is -0.479. The molecule has 0 aromatic rings. The van der Waals surface area contributed by atoms with Gasteiger partial charge in [-0.2, -0.15) is 0 Å². The van der Waals surface area contributed by atoms with Crippen LogP contribution in [-0.4, -0.2) is 16.0 Å². The Labute approximate surface area is 88.8 Å². The minimum absolute atomic E-state index is 0.479. The van der Waals surface area contributed by atoms with Gasteiger partial charge in [0.15, 0.2) is 0 Å². The highest BCUT2D eigenvalue weighted by Gasteiger charge is 2.13. The predicted molar refractivity (Wildman–Crippen MR) is 62.9 cm³/mol. The molecule has 0 bridgehead atoms. The molecule has 0 radical (unpaired) electrons. The van der Waals surface area contributed by atoms with Gasteiger partial charge in [-0.1, -0.05) is 40.5 Å². The fourth-order valence-electron chi connectivity index (χ4n) is 1.30. The Bertz CT molecular complexity index is 172. The van der Waals surface area contributed by atoms with Crippen LogP contribution in [0.3, 0.4) is 0 Å². The summed E-state index contributed by atoms with van der Waals surface area (Å²) in [5, 5.41) is 12.4. The Morgan fingerprint density at radius 2 is 2.15 bits per heavy atom. The van der Waals surface area contributed by atoms with E-state index < -0.39 is 5.60 Å². The van der Waals surface area contributed by atoms with E-state index in [-0.39, 0.29) is 0 Å². The van der Waals surface area contributed by atoms with Crippen molar-refractivity contribution in [2.75, 3.05) is 0 Å². The third-order valence-corrected chi connectivity index (χ3v) is 4.48. The Morgan fingerprint density at radius 3 is 2.69 bits per heavy atom. The zero-order chi connectivity index (χ0) is 9.73. The van der Waals surface area contributed by atoms with Crippen LogP contribution in [0.2, 0.25) is 0 Å². The van der Waals surface area contributed by atoms with E-state index >= 15 is 0 Å². The van der Waals surface area contributed by atoms with Crippen LogP contribution in [0.25, 0.3) is 0 Å². The highest BCUT2D eigenvalue weighted by Crippen LogP contribution is 2.37. The van der Waals surface area contributed by atoms with Gasteiger partial charge in [-0.3, -0.25) is 0 Å². The van der Waals surface area contributed by atoms with Crippen LogP contribution in [-0.2, 0) is 0 Å². The molecule has 0 amide bonds.